The van der Waals surface area contributed by atoms with Crippen LogP contribution in [-0.4, -0.2) is 16.6 Å². The van der Waals surface area contributed by atoms with Crippen LogP contribution < -0.4 is 5.32 Å². The molecule has 0 radical (unpaired) electrons. The maximum absolute atomic E-state index is 12.1. The van der Waals surface area contributed by atoms with Crippen molar-refractivity contribution in [1.29, 1.82) is 0 Å². The van der Waals surface area contributed by atoms with Crippen molar-refractivity contribution in [3.8, 4) is 5.75 Å². The van der Waals surface area contributed by atoms with Gasteiger partial charge in [-0.1, -0.05) is 18.5 Å². The number of aromatic hydroxyl groups is 1. The SMILES string of the molecule is CCC1(NC(=O)c2cc(O)ccc2Cl)CCC1. The molecule has 1 aromatic rings. The van der Waals surface area contributed by atoms with Crippen molar-refractivity contribution in [3.63, 3.8) is 0 Å². The summed E-state index contributed by atoms with van der Waals surface area (Å²) in [5, 5.41) is 12.8. The molecular weight excluding hydrogens is 238 g/mol. The number of carbonyl (C=O) groups is 1. The fourth-order valence-electron chi connectivity index (χ4n) is 2.17. The molecule has 1 aromatic carbocycles. The van der Waals surface area contributed by atoms with Crippen molar-refractivity contribution < 1.29 is 9.90 Å². The standard InChI is InChI=1S/C13H16ClNO2/c1-2-13(6-3-7-13)15-12(17)10-8-9(16)4-5-11(10)14/h4-5,8,16H,2-3,6-7H2,1H3,(H,15,17). The summed E-state index contributed by atoms with van der Waals surface area (Å²) in [7, 11) is 0. The summed E-state index contributed by atoms with van der Waals surface area (Å²) in [6.07, 6.45) is 4.12. The normalized spacial score (nSPS) is 17.3. The van der Waals surface area contributed by atoms with Crippen molar-refractivity contribution >= 4 is 17.5 Å². The second kappa shape index (κ2) is 4.57. The van der Waals surface area contributed by atoms with E-state index in [4.69, 9.17) is 11.6 Å². The zero-order valence-electron chi connectivity index (χ0n) is 9.79. The molecule has 0 spiro atoms. The summed E-state index contributed by atoms with van der Waals surface area (Å²) in [6, 6.07) is 4.41. The molecule has 1 amide bonds. The van der Waals surface area contributed by atoms with E-state index in [1.54, 1.807) is 0 Å². The molecule has 0 saturated heterocycles. The van der Waals surface area contributed by atoms with E-state index in [9.17, 15) is 9.90 Å². The molecular formula is C13H16ClNO2. The smallest absolute Gasteiger partial charge is 0.253 e. The van der Waals surface area contributed by atoms with Gasteiger partial charge in [-0.2, -0.15) is 0 Å². The lowest BCUT2D eigenvalue weighted by Gasteiger charge is -2.42. The highest BCUT2D eigenvalue weighted by Crippen LogP contribution is 2.35. The first-order valence-corrected chi connectivity index (χ1v) is 6.25. The molecule has 2 N–H and O–H groups in total. The molecule has 4 heteroatoms. The van der Waals surface area contributed by atoms with E-state index in [1.165, 1.54) is 18.2 Å². The number of halogens is 1. The van der Waals surface area contributed by atoms with Gasteiger partial charge in [0.1, 0.15) is 5.75 Å². The molecule has 1 aliphatic rings. The minimum absolute atomic E-state index is 0.0544. The lowest BCUT2D eigenvalue weighted by atomic mass is 9.74. The van der Waals surface area contributed by atoms with Crippen LogP contribution >= 0.6 is 11.6 Å². The van der Waals surface area contributed by atoms with Gasteiger partial charge < -0.3 is 10.4 Å². The van der Waals surface area contributed by atoms with Crippen LogP contribution in [0.1, 0.15) is 43.0 Å². The van der Waals surface area contributed by atoms with Gasteiger partial charge >= 0.3 is 0 Å². The van der Waals surface area contributed by atoms with Gasteiger partial charge in [0.15, 0.2) is 0 Å². The highest BCUT2D eigenvalue weighted by atomic mass is 35.5. The Balaban J connectivity index is 2.17. The molecule has 0 heterocycles. The van der Waals surface area contributed by atoms with Crippen molar-refractivity contribution in [3.05, 3.63) is 28.8 Å². The molecule has 0 aliphatic heterocycles. The van der Waals surface area contributed by atoms with Gasteiger partial charge in [-0.25, -0.2) is 0 Å². The Morgan fingerprint density at radius 2 is 2.24 bits per heavy atom. The second-order valence-electron chi connectivity index (χ2n) is 4.61. The molecule has 17 heavy (non-hydrogen) atoms. The molecule has 0 bridgehead atoms. The lowest BCUT2D eigenvalue weighted by molar-refractivity contribution is 0.0820. The predicted molar refractivity (Wildman–Crippen MR) is 67.5 cm³/mol. The fraction of sp³-hybridized carbons (Fsp3) is 0.462. The third kappa shape index (κ3) is 2.39. The number of phenolic OH excluding ortho intramolecular Hbond substituents is 1. The predicted octanol–water partition coefficient (Wildman–Crippen LogP) is 3.11. The number of amides is 1. The third-order valence-corrected chi connectivity index (χ3v) is 3.89. The second-order valence-corrected chi connectivity index (χ2v) is 5.01. The average molecular weight is 254 g/mol. The Morgan fingerprint density at radius 3 is 2.76 bits per heavy atom. The van der Waals surface area contributed by atoms with Crippen molar-refractivity contribution in [2.24, 2.45) is 0 Å². The number of carbonyl (C=O) groups excluding carboxylic acids is 1. The van der Waals surface area contributed by atoms with Crippen LogP contribution in [0.5, 0.6) is 5.75 Å². The van der Waals surface area contributed by atoms with Crippen LogP contribution in [0.15, 0.2) is 18.2 Å². The highest BCUT2D eigenvalue weighted by molar-refractivity contribution is 6.33. The van der Waals surface area contributed by atoms with E-state index in [-0.39, 0.29) is 17.2 Å². The molecule has 1 aliphatic carbocycles. The monoisotopic (exact) mass is 253 g/mol. The van der Waals surface area contributed by atoms with Crippen LogP contribution in [0.3, 0.4) is 0 Å². The zero-order valence-corrected chi connectivity index (χ0v) is 10.5. The number of rotatable bonds is 3. The number of nitrogens with one attached hydrogen (secondary N) is 1. The Bertz CT molecular complexity index is 436. The molecule has 1 fully saturated rings. The molecule has 0 aromatic heterocycles. The first-order chi connectivity index (χ1) is 8.06. The largest absolute Gasteiger partial charge is 0.508 e. The molecule has 0 unspecified atom stereocenters. The zero-order chi connectivity index (χ0) is 12.5. The molecule has 2 rings (SSSR count). The lowest BCUT2D eigenvalue weighted by Crippen LogP contribution is -2.53. The maximum Gasteiger partial charge on any atom is 0.253 e. The van der Waals surface area contributed by atoms with E-state index in [2.05, 4.69) is 12.2 Å². The van der Waals surface area contributed by atoms with Crippen molar-refractivity contribution in [1.82, 2.24) is 5.32 Å². The Hall–Kier alpha value is -1.22. The summed E-state index contributed by atoms with van der Waals surface area (Å²) in [4.78, 5) is 12.1. The highest BCUT2D eigenvalue weighted by Gasteiger charge is 2.36. The van der Waals surface area contributed by atoms with Gasteiger partial charge in [-0.3, -0.25) is 4.79 Å². The average Bonchev–Trinajstić information content (AvgIpc) is 2.26. The van der Waals surface area contributed by atoms with E-state index in [0.717, 1.165) is 25.7 Å². The van der Waals surface area contributed by atoms with Gasteiger partial charge in [-0.15, -0.1) is 0 Å². The number of hydrogen-bond acceptors (Lipinski definition) is 2. The maximum atomic E-state index is 12.1. The van der Waals surface area contributed by atoms with Crippen LogP contribution in [0.4, 0.5) is 0 Å². The van der Waals surface area contributed by atoms with E-state index in [0.29, 0.717) is 10.6 Å². The first-order valence-electron chi connectivity index (χ1n) is 5.87. The molecule has 3 nitrogen and oxygen atoms in total. The van der Waals surface area contributed by atoms with Crippen LogP contribution in [-0.2, 0) is 0 Å². The van der Waals surface area contributed by atoms with Gasteiger partial charge in [0.05, 0.1) is 10.6 Å². The quantitative estimate of drug-likeness (QED) is 0.870. The summed E-state index contributed by atoms with van der Waals surface area (Å²) in [5.41, 5.74) is 0.276. The van der Waals surface area contributed by atoms with Gasteiger partial charge in [0, 0.05) is 5.54 Å². The van der Waals surface area contributed by atoms with Gasteiger partial charge in [0.2, 0.25) is 0 Å². The Morgan fingerprint density at radius 1 is 1.53 bits per heavy atom. The Kier molecular flexibility index (Phi) is 3.29. The minimum Gasteiger partial charge on any atom is -0.508 e. The van der Waals surface area contributed by atoms with Gasteiger partial charge in [0.25, 0.3) is 5.91 Å². The molecule has 0 atom stereocenters. The molecule has 92 valence electrons. The summed E-state index contributed by atoms with van der Waals surface area (Å²) in [6.45, 7) is 2.07. The first kappa shape index (κ1) is 12.2. The third-order valence-electron chi connectivity index (χ3n) is 3.56. The van der Waals surface area contributed by atoms with E-state index >= 15 is 0 Å². The van der Waals surface area contributed by atoms with Crippen LogP contribution in [0.25, 0.3) is 0 Å². The number of benzene rings is 1. The number of phenols is 1. The summed E-state index contributed by atoms with van der Waals surface area (Å²) < 4.78 is 0. The minimum atomic E-state index is -0.201. The summed E-state index contributed by atoms with van der Waals surface area (Å²) >= 11 is 5.95. The topological polar surface area (TPSA) is 49.3 Å². The van der Waals surface area contributed by atoms with Gasteiger partial charge in [-0.05, 0) is 43.9 Å². The van der Waals surface area contributed by atoms with E-state index < -0.39 is 0 Å². The number of hydrogen-bond donors (Lipinski definition) is 2. The van der Waals surface area contributed by atoms with Crippen LogP contribution in [0.2, 0.25) is 5.02 Å². The summed E-state index contributed by atoms with van der Waals surface area (Å²) in [5.74, 6) is -0.147. The molecule has 1 saturated carbocycles. The Labute approximate surface area is 106 Å². The van der Waals surface area contributed by atoms with E-state index in [1.807, 2.05) is 0 Å². The fourth-order valence-corrected chi connectivity index (χ4v) is 2.37. The van der Waals surface area contributed by atoms with Crippen molar-refractivity contribution in [2.45, 2.75) is 38.1 Å². The van der Waals surface area contributed by atoms with Crippen LogP contribution in [0, 0.1) is 0 Å². The van der Waals surface area contributed by atoms with Crippen molar-refractivity contribution in [2.75, 3.05) is 0 Å².